The maximum Gasteiger partial charge on any atom is 0.234 e. The number of primary amides is 1. The number of Topliss-reactive ketones (excluding diaryl/α,β-unsaturated/α-hetero) is 1. The van der Waals surface area contributed by atoms with Crippen molar-refractivity contribution < 1.29 is 9.59 Å². The summed E-state index contributed by atoms with van der Waals surface area (Å²) in [5, 5.41) is 0. The second-order valence-corrected chi connectivity index (χ2v) is 4.51. The van der Waals surface area contributed by atoms with Gasteiger partial charge in [0, 0.05) is 5.92 Å². The van der Waals surface area contributed by atoms with Crippen LogP contribution in [0.3, 0.4) is 0 Å². The van der Waals surface area contributed by atoms with E-state index in [-0.39, 0.29) is 23.7 Å². The Morgan fingerprint density at radius 1 is 1.40 bits per heavy atom. The Bertz CT molecular complexity index is 251. The van der Waals surface area contributed by atoms with E-state index in [4.69, 9.17) is 5.73 Å². The molecular weight excluding hydrogens is 192 g/mol. The minimum atomic E-state index is -0.300. The van der Waals surface area contributed by atoms with Crippen molar-refractivity contribution in [3.05, 3.63) is 0 Å². The summed E-state index contributed by atoms with van der Waals surface area (Å²) >= 11 is 0. The maximum atomic E-state index is 11.6. The molecule has 1 saturated heterocycles. The van der Waals surface area contributed by atoms with Gasteiger partial charge in [-0.3, -0.25) is 14.5 Å². The topological polar surface area (TPSA) is 63.4 Å². The summed E-state index contributed by atoms with van der Waals surface area (Å²) in [5.74, 6) is -0.0881. The largest absolute Gasteiger partial charge is 0.368 e. The number of hydrogen-bond donors (Lipinski definition) is 1. The minimum Gasteiger partial charge on any atom is -0.368 e. The minimum absolute atomic E-state index is 0.0282. The Balaban J connectivity index is 2.57. The third-order valence-electron chi connectivity index (χ3n) is 2.94. The van der Waals surface area contributed by atoms with Crippen molar-refractivity contribution in [3.63, 3.8) is 0 Å². The van der Waals surface area contributed by atoms with E-state index in [1.54, 1.807) is 0 Å². The highest BCUT2D eigenvalue weighted by Gasteiger charge is 2.28. The van der Waals surface area contributed by atoms with Crippen LogP contribution in [0.5, 0.6) is 0 Å². The maximum absolute atomic E-state index is 11.6. The summed E-state index contributed by atoms with van der Waals surface area (Å²) < 4.78 is 0. The van der Waals surface area contributed by atoms with Crippen molar-refractivity contribution in [3.8, 4) is 0 Å². The van der Waals surface area contributed by atoms with E-state index in [0.29, 0.717) is 6.54 Å². The van der Waals surface area contributed by atoms with Crippen molar-refractivity contribution in [1.29, 1.82) is 0 Å². The molecule has 0 spiro atoms. The number of nitrogens with two attached hydrogens (primary N) is 1. The third kappa shape index (κ3) is 3.30. The lowest BCUT2D eigenvalue weighted by Gasteiger charge is -2.33. The lowest BCUT2D eigenvalue weighted by atomic mass is 10.00. The summed E-state index contributed by atoms with van der Waals surface area (Å²) in [7, 11) is 0. The molecule has 0 aromatic carbocycles. The van der Waals surface area contributed by atoms with E-state index in [2.05, 4.69) is 0 Å². The number of ketones is 1. The van der Waals surface area contributed by atoms with E-state index in [1.807, 2.05) is 18.7 Å². The molecule has 0 bridgehead atoms. The lowest BCUT2D eigenvalue weighted by Crippen LogP contribution is -2.49. The Morgan fingerprint density at radius 2 is 2.07 bits per heavy atom. The van der Waals surface area contributed by atoms with Crippen LogP contribution in [0.2, 0.25) is 0 Å². The molecule has 1 atom stereocenters. The molecule has 0 aromatic rings. The van der Waals surface area contributed by atoms with Crippen molar-refractivity contribution in [2.24, 2.45) is 11.7 Å². The highest BCUT2D eigenvalue weighted by atomic mass is 16.1. The number of rotatable bonds is 4. The quantitative estimate of drug-likeness (QED) is 0.740. The smallest absolute Gasteiger partial charge is 0.234 e. The molecule has 15 heavy (non-hydrogen) atoms. The van der Waals surface area contributed by atoms with Gasteiger partial charge in [0.1, 0.15) is 5.78 Å². The number of carbonyl (C=O) groups excluding carboxylic acids is 2. The molecule has 0 aromatic heterocycles. The normalized spacial score (nSPS) is 23.0. The summed E-state index contributed by atoms with van der Waals surface area (Å²) in [6.45, 7) is 4.94. The van der Waals surface area contributed by atoms with Crippen LogP contribution >= 0.6 is 0 Å². The van der Waals surface area contributed by atoms with Gasteiger partial charge in [-0.2, -0.15) is 0 Å². The molecule has 0 saturated carbocycles. The summed E-state index contributed by atoms with van der Waals surface area (Å²) in [6.07, 6.45) is 2.87. The zero-order valence-electron chi connectivity index (χ0n) is 9.53. The molecule has 4 nitrogen and oxygen atoms in total. The number of amides is 1. The number of carbonyl (C=O) groups is 2. The van der Waals surface area contributed by atoms with Crippen molar-refractivity contribution in [2.45, 2.75) is 39.2 Å². The molecule has 1 rings (SSSR count). The number of nitrogens with zero attached hydrogens (tertiary/aromatic N) is 1. The zero-order valence-corrected chi connectivity index (χ0v) is 9.53. The second-order valence-electron chi connectivity index (χ2n) is 4.51. The van der Waals surface area contributed by atoms with E-state index >= 15 is 0 Å². The highest BCUT2D eigenvalue weighted by molar-refractivity contribution is 5.84. The van der Waals surface area contributed by atoms with Gasteiger partial charge < -0.3 is 5.73 Å². The zero-order chi connectivity index (χ0) is 11.4. The molecule has 4 heteroatoms. The molecule has 1 heterocycles. The number of piperidine rings is 1. The van der Waals surface area contributed by atoms with Gasteiger partial charge in [-0.25, -0.2) is 0 Å². The van der Waals surface area contributed by atoms with Crippen LogP contribution in [0.4, 0.5) is 0 Å². The molecule has 1 aliphatic rings. The monoisotopic (exact) mass is 212 g/mol. The van der Waals surface area contributed by atoms with Crippen LogP contribution in [0.25, 0.3) is 0 Å². The van der Waals surface area contributed by atoms with E-state index < -0.39 is 0 Å². The Labute approximate surface area is 90.8 Å². The van der Waals surface area contributed by atoms with Crippen LogP contribution in [0.15, 0.2) is 0 Å². The summed E-state index contributed by atoms with van der Waals surface area (Å²) in [6, 6.07) is -0.235. The first-order chi connectivity index (χ1) is 7.02. The van der Waals surface area contributed by atoms with Crippen molar-refractivity contribution in [2.75, 3.05) is 13.1 Å². The predicted octanol–water partition coefficient (Wildman–Crippen LogP) is 0.551. The Kier molecular flexibility index (Phi) is 4.27. The van der Waals surface area contributed by atoms with Crippen LogP contribution < -0.4 is 5.73 Å². The molecule has 1 fully saturated rings. The number of hydrogen-bond acceptors (Lipinski definition) is 3. The Morgan fingerprint density at radius 3 is 2.60 bits per heavy atom. The van der Waals surface area contributed by atoms with E-state index in [1.165, 1.54) is 0 Å². The fourth-order valence-electron chi connectivity index (χ4n) is 1.89. The highest BCUT2D eigenvalue weighted by Crippen LogP contribution is 2.17. The molecule has 1 amide bonds. The summed E-state index contributed by atoms with van der Waals surface area (Å²) in [4.78, 5) is 24.7. The van der Waals surface area contributed by atoms with Crippen molar-refractivity contribution >= 4 is 11.7 Å². The van der Waals surface area contributed by atoms with E-state index in [9.17, 15) is 9.59 Å². The van der Waals surface area contributed by atoms with Crippen LogP contribution in [0.1, 0.15) is 33.1 Å². The fourth-order valence-corrected chi connectivity index (χ4v) is 1.89. The van der Waals surface area contributed by atoms with Gasteiger partial charge in [-0.1, -0.05) is 20.3 Å². The summed E-state index contributed by atoms with van der Waals surface area (Å²) in [5.41, 5.74) is 5.32. The first-order valence-corrected chi connectivity index (χ1v) is 5.58. The standard InChI is InChI=1S/C11H20N2O2/c1-8(2)10(14)7-13-6-4-3-5-9(13)11(12)15/h8-9H,3-7H2,1-2H3,(H2,12,15). The average molecular weight is 212 g/mol. The van der Waals surface area contributed by atoms with Gasteiger partial charge in [-0.05, 0) is 19.4 Å². The molecule has 0 aliphatic carbocycles. The molecule has 1 unspecified atom stereocenters. The molecular formula is C11H20N2O2. The third-order valence-corrected chi connectivity index (χ3v) is 2.94. The molecule has 1 aliphatic heterocycles. The van der Waals surface area contributed by atoms with Gasteiger partial charge in [0.2, 0.25) is 5.91 Å². The predicted molar refractivity (Wildman–Crippen MR) is 58.3 cm³/mol. The van der Waals surface area contributed by atoms with E-state index in [0.717, 1.165) is 25.8 Å². The molecule has 86 valence electrons. The van der Waals surface area contributed by atoms with Crippen LogP contribution in [0, 0.1) is 5.92 Å². The average Bonchev–Trinajstić information content (AvgIpc) is 2.18. The first kappa shape index (κ1) is 12.2. The van der Waals surface area contributed by atoms with Gasteiger partial charge >= 0.3 is 0 Å². The van der Waals surface area contributed by atoms with Gasteiger partial charge in [0.25, 0.3) is 0 Å². The first-order valence-electron chi connectivity index (χ1n) is 5.58. The lowest BCUT2D eigenvalue weighted by molar-refractivity contribution is -0.128. The number of likely N-dealkylation sites (tertiary alicyclic amines) is 1. The fraction of sp³-hybridized carbons (Fsp3) is 0.818. The van der Waals surface area contributed by atoms with Crippen molar-refractivity contribution in [1.82, 2.24) is 4.90 Å². The molecule has 2 N–H and O–H groups in total. The molecule has 0 radical (unpaired) electrons. The van der Waals surface area contributed by atoms with Gasteiger partial charge in [0.15, 0.2) is 0 Å². The van der Waals surface area contributed by atoms with Gasteiger partial charge in [-0.15, -0.1) is 0 Å². The SMILES string of the molecule is CC(C)C(=O)CN1CCCCC1C(N)=O. The van der Waals surface area contributed by atoms with Crippen LogP contribution in [-0.4, -0.2) is 35.7 Å². The second kappa shape index (κ2) is 5.26. The Hall–Kier alpha value is -0.900. The van der Waals surface area contributed by atoms with Crippen LogP contribution in [-0.2, 0) is 9.59 Å². The van der Waals surface area contributed by atoms with Gasteiger partial charge in [0.05, 0.1) is 12.6 Å².